The molecule has 0 heterocycles. The lowest BCUT2D eigenvalue weighted by atomic mass is 10.3. The van der Waals surface area contributed by atoms with Gasteiger partial charge < -0.3 is 24.6 Å². The highest BCUT2D eigenvalue weighted by molar-refractivity contribution is 7.47. The minimum atomic E-state index is -4.53. The van der Waals surface area contributed by atoms with Crippen LogP contribution in [-0.4, -0.2) is 65.7 Å². The molecule has 10 nitrogen and oxygen atoms in total. The summed E-state index contributed by atoms with van der Waals surface area (Å²) in [6.45, 7) is 1.20. The number of phosphoric ester groups is 1. The summed E-state index contributed by atoms with van der Waals surface area (Å²) >= 11 is 0. The second-order valence-corrected chi connectivity index (χ2v) is 6.25. The first-order valence-corrected chi connectivity index (χ1v) is 8.99. The number of esters is 2. The van der Waals surface area contributed by atoms with Crippen molar-refractivity contribution in [1.29, 1.82) is 0 Å². The number of phosphoric acid groups is 1. The fourth-order valence-electron chi connectivity index (χ4n) is 1.30. The lowest BCUT2D eigenvalue weighted by Crippen LogP contribution is -2.29. The van der Waals surface area contributed by atoms with Crippen molar-refractivity contribution in [2.24, 2.45) is 0 Å². The van der Waals surface area contributed by atoms with Crippen molar-refractivity contribution >= 4 is 19.8 Å². The van der Waals surface area contributed by atoms with E-state index in [-0.39, 0.29) is 19.4 Å². The number of ether oxygens (including phenoxy) is 2. The summed E-state index contributed by atoms with van der Waals surface area (Å²) in [7, 11) is -4.53. The number of rotatable bonds is 13. The molecule has 0 saturated heterocycles. The van der Waals surface area contributed by atoms with E-state index in [0.717, 1.165) is 0 Å². The Labute approximate surface area is 140 Å². The highest BCUT2D eigenvalue weighted by atomic mass is 31.2. The van der Waals surface area contributed by atoms with E-state index in [1.54, 1.807) is 13.8 Å². The van der Waals surface area contributed by atoms with Crippen LogP contribution in [0.15, 0.2) is 0 Å². The monoisotopic (exact) mass is 372 g/mol. The molecule has 0 bridgehead atoms. The summed E-state index contributed by atoms with van der Waals surface area (Å²) < 4.78 is 30.6. The normalized spacial score (nSPS) is 16.0. The molecule has 0 aromatic carbocycles. The average molecular weight is 372 g/mol. The largest absolute Gasteiger partial charge is 0.472 e. The van der Waals surface area contributed by atoms with Crippen molar-refractivity contribution in [1.82, 2.24) is 0 Å². The van der Waals surface area contributed by atoms with E-state index in [9.17, 15) is 19.0 Å². The maximum atomic E-state index is 11.6. The first kappa shape index (κ1) is 23.0. The van der Waals surface area contributed by atoms with Crippen LogP contribution < -0.4 is 0 Å². The predicted octanol–water partition coefficient (Wildman–Crippen LogP) is 0.138. The molecule has 0 rings (SSSR count). The zero-order chi connectivity index (χ0) is 18.6. The smallest absolute Gasteiger partial charge is 0.462 e. The Morgan fingerprint density at radius 2 is 1.71 bits per heavy atom. The van der Waals surface area contributed by atoms with E-state index >= 15 is 0 Å². The van der Waals surface area contributed by atoms with Gasteiger partial charge in [0.2, 0.25) is 0 Å². The molecule has 0 spiro atoms. The van der Waals surface area contributed by atoms with Gasteiger partial charge in [-0.25, -0.2) is 4.57 Å². The third kappa shape index (κ3) is 11.5. The molecule has 0 amide bonds. The van der Waals surface area contributed by atoms with Gasteiger partial charge in [0.15, 0.2) is 6.10 Å². The standard InChI is InChI=1S/C13H25O10P/c1-3-5-13(17)20-8-11(23-12(16)4-2)9-22-24(18,19)21-7-10(15)6-14/h10-11,14-15H,3-9H2,1-2H3,(H,18,19)/t10-,11+/m0/s1. The molecule has 0 radical (unpaired) electrons. The Hall–Kier alpha value is -1.03. The molecule has 0 aliphatic heterocycles. The zero-order valence-electron chi connectivity index (χ0n) is 13.8. The fourth-order valence-corrected chi connectivity index (χ4v) is 2.08. The zero-order valence-corrected chi connectivity index (χ0v) is 14.6. The van der Waals surface area contributed by atoms with Crippen LogP contribution in [0.1, 0.15) is 33.1 Å². The van der Waals surface area contributed by atoms with E-state index in [1.165, 1.54) is 0 Å². The Kier molecular flexibility index (Phi) is 11.8. The fraction of sp³-hybridized carbons (Fsp3) is 0.846. The molecule has 0 saturated carbocycles. The molecule has 11 heteroatoms. The van der Waals surface area contributed by atoms with Crippen molar-refractivity contribution in [3.63, 3.8) is 0 Å². The quantitative estimate of drug-likeness (QED) is 0.301. The maximum Gasteiger partial charge on any atom is 0.472 e. The van der Waals surface area contributed by atoms with Gasteiger partial charge in [-0.3, -0.25) is 18.6 Å². The van der Waals surface area contributed by atoms with Crippen LogP contribution in [0.2, 0.25) is 0 Å². The Balaban J connectivity index is 4.49. The average Bonchev–Trinajstić information content (AvgIpc) is 2.55. The molecule has 0 fully saturated rings. The summed E-state index contributed by atoms with van der Waals surface area (Å²) in [5, 5.41) is 17.6. The minimum Gasteiger partial charge on any atom is -0.462 e. The SMILES string of the molecule is CCCC(=O)OC[C@H](COP(=O)(O)OC[C@@H](O)CO)OC(=O)CC. The molecule has 1 unspecified atom stereocenters. The van der Waals surface area contributed by atoms with Crippen molar-refractivity contribution in [3.8, 4) is 0 Å². The van der Waals surface area contributed by atoms with Gasteiger partial charge in [-0.2, -0.15) is 0 Å². The molecular weight excluding hydrogens is 347 g/mol. The Bertz CT molecular complexity index is 427. The van der Waals surface area contributed by atoms with Gasteiger partial charge in [0.05, 0.1) is 19.8 Å². The van der Waals surface area contributed by atoms with E-state index in [1.807, 2.05) is 0 Å². The molecule has 24 heavy (non-hydrogen) atoms. The summed E-state index contributed by atoms with van der Waals surface area (Å²) in [6.07, 6.45) is -1.57. The number of hydrogen-bond donors (Lipinski definition) is 3. The number of aliphatic hydroxyl groups excluding tert-OH is 2. The number of aliphatic hydroxyl groups is 2. The molecule has 0 aromatic heterocycles. The predicted molar refractivity (Wildman–Crippen MR) is 80.9 cm³/mol. The summed E-state index contributed by atoms with van der Waals surface area (Å²) in [6, 6.07) is 0. The topological polar surface area (TPSA) is 149 Å². The van der Waals surface area contributed by atoms with Crippen LogP contribution >= 0.6 is 7.82 Å². The van der Waals surface area contributed by atoms with Crippen molar-refractivity contribution < 1.29 is 47.8 Å². The lowest BCUT2D eigenvalue weighted by Gasteiger charge is -2.20. The number of carbonyl (C=O) groups excluding carboxylic acids is 2. The summed E-state index contributed by atoms with van der Waals surface area (Å²) in [5.74, 6) is -1.09. The summed E-state index contributed by atoms with van der Waals surface area (Å²) in [5.41, 5.74) is 0. The van der Waals surface area contributed by atoms with Gasteiger partial charge in [-0.15, -0.1) is 0 Å². The van der Waals surface area contributed by atoms with Crippen molar-refractivity contribution in [3.05, 3.63) is 0 Å². The van der Waals surface area contributed by atoms with Crippen molar-refractivity contribution in [2.75, 3.05) is 26.4 Å². The molecular formula is C13H25O10P. The third-order valence-electron chi connectivity index (χ3n) is 2.54. The summed E-state index contributed by atoms with van der Waals surface area (Å²) in [4.78, 5) is 32.1. The molecule has 3 atom stereocenters. The number of carbonyl (C=O) groups is 2. The first-order valence-electron chi connectivity index (χ1n) is 7.49. The van der Waals surface area contributed by atoms with Crippen LogP contribution in [-0.2, 0) is 32.7 Å². The van der Waals surface area contributed by atoms with E-state index in [4.69, 9.17) is 19.7 Å². The van der Waals surface area contributed by atoms with Gasteiger partial charge in [0.1, 0.15) is 12.7 Å². The van der Waals surface area contributed by atoms with Gasteiger partial charge in [0.25, 0.3) is 0 Å². The highest BCUT2D eigenvalue weighted by Gasteiger charge is 2.26. The minimum absolute atomic E-state index is 0.0649. The van der Waals surface area contributed by atoms with Crippen LogP contribution in [0, 0.1) is 0 Å². The Morgan fingerprint density at radius 3 is 2.25 bits per heavy atom. The van der Waals surface area contributed by atoms with Gasteiger partial charge in [-0.1, -0.05) is 13.8 Å². The molecule has 142 valence electrons. The van der Waals surface area contributed by atoms with E-state index in [0.29, 0.717) is 6.42 Å². The molecule has 0 aliphatic rings. The molecule has 0 aliphatic carbocycles. The van der Waals surface area contributed by atoms with Gasteiger partial charge in [-0.05, 0) is 6.42 Å². The Morgan fingerprint density at radius 1 is 1.08 bits per heavy atom. The third-order valence-corrected chi connectivity index (χ3v) is 3.49. The van der Waals surface area contributed by atoms with E-state index < -0.39 is 51.8 Å². The van der Waals surface area contributed by atoms with Gasteiger partial charge >= 0.3 is 19.8 Å². The highest BCUT2D eigenvalue weighted by Crippen LogP contribution is 2.43. The van der Waals surface area contributed by atoms with Crippen LogP contribution in [0.3, 0.4) is 0 Å². The molecule has 3 N–H and O–H groups in total. The maximum absolute atomic E-state index is 11.6. The number of hydrogen-bond acceptors (Lipinski definition) is 9. The second kappa shape index (κ2) is 12.3. The van der Waals surface area contributed by atoms with Gasteiger partial charge in [0, 0.05) is 12.8 Å². The van der Waals surface area contributed by atoms with Crippen LogP contribution in [0.5, 0.6) is 0 Å². The lowest BCUT2D eigenvalue weighted by molar-refractivity contribution is -0.161. The van der Waals surface area contributed by atoms with E-state index in [2.05, 4.69) is 9.05 Å². The van der Waals surface area contributed by atoms with Crippen molar-refractivity contribution in [2.45, 2.75) is 45.3 Å². The van der Waals surface area contributed by atoms with Crippen LogP contribution in [0.25, 0.3) is 0 Å². The second-order valence-electron chi connectivity index (χ2n) is 4.79. The molecule has 0 aromatic rings. The van der Waals surface area contributed by atoms with Crippen LogP contribution in [0.4, 0.5) is 0 Å². The first-order chi connectivity index (χ1) is 11.2.